The predicted octanol–water partition coefficient (Wildman–Crippen LogP) is 10.6. The van der Waals surface area contributed by atoms with Crippen molar-refractivity contribution in [2.45, 2.75) is 114 Å². The molecule has 0 unspecified atom stereocenters. The molecule has 0 amide bonds. The van der Waals surface area contributed by atoms with Crippen LogP contribution in [-0.2, 0) is 113 Å². The highest BCUT2D eigenvalue weighted by Crippen LogP contribution is 2.43. The van der Waals surface area contributed by atoms with E-state index in [0.29, 0.717) is 0 Å². The lowest BCUT2D eigenvalue weighted by Crippen LogP contribution is -2.73. The molecule has 7 aromatic rings. The lowest BCUT2D eigenvalue weighted by molar-refractivity contribution is -0.411. The van der Waals surface area contributed by atoms with Crippen molar-refractivity contribution in [2.24, 2.45) is 0 Å². The third-order valence-electron chi connectivity index (χ3n) is 13.8. The smallest absolute Gasteiger partial charge is 0.272 e. The minimum atomic E-state index is -4.56. The van der Waals surface area contributed by atoms with Gasteiger partial charge in [-0.05, 0) is 45.9 Å². The summed E-state index contributed by atoms with van der Waals surface area (Å²) in [4.78, 5) is 0. The Bertz CT molecular complexity index is 2930. The van der Waals surface area contributed by atoms with Gasteiger partial charge < -0.3 is 52.1 Å². The Morgan fingerprint density at radius 1 is 0.412 bits per heavy atom. The van der Waals surface area contributed by atoms with Crippen molar-refractivity contribution in [3.05, 3.63) is 251 Å². The second kappa shape index (κ2) is 30.2. The van der Waals surface area contributed by atoms with E-state index in [4.69, 9.17) is 56.3 Å². The van der Waals surface area contributed by atoms with Crippen molar-refractivity contribution in [3.63, 3.8) is 0 Å². The lowest BCUT2D eigenvalue weighted by Gasteiger charge is -2.55. The third-order valence-corrected chi connectivity index (χ3v) is 15.2. The van der Waals surface area contributed by atoms with Gasteiger partial charge >= 0.3 is 0 Å². The number of benzene rings is 7. The molecule has 2 aliphatic heterocycles. The fourth-order valence-corrected chi connectivity index (χ4v) is 11.2. The zero-order chi connectivity index (χ0) is 55.2. The van der Waals surface area contributed by atoms with Crippen molar-refractivity contribution in [1.82, 2.24) is 0 Å². The molecule has 0 aliphatic carbocycles. The summed E-state index contributed by atoms with van der Waals surface area (Å²) < 4.78 is 112. The quantitative estimate of drug-likeness (QED) is 0.0394. The van der Waals surface area contributed by atoms with Crippen LogP contribution in [0.2, 0.25) is 0 Å². The maximum absolute atomic E-state index is 14.9. The molecule has 0 N–H and O–H groups in total. The van der Waals surface area contributed by atoms with Gasteiger partial charge in [0.1, 0.15) is 54.6 Å². The monoisotopic (exact) mass is 1110 g/mol. The first kappa shape index (κ1) is 58.7. The van der Waals surface area contributed by atoms with Gasteiger partial charge in [0.2, 0.25) is 5.79 Å². The highest BCUT2D eigenvalue weighted by atomic mass is 32.2. The van der Waals surface area contributed by atoms with Gasteiger partial charge in [-0.15, -0.1) is 0 Å². The van der Waals surface area contributed by atoms with Crippen molar-refractivity contribution >= 4 is 10.1 Å². The molecule has 80 heavy (non-hydrogen) atoms. The van der Waals surface area contributed by atoms with E-state index in [-0.39, 0.29) is 66.1 Å². The summed E-state index contributed by atoms with van der Waals surface area (Å²) in [7, 11) is -3.02. The number of ether oxygens (including phenoxy) is 11. The summed E-state index contributed by atoms with van der Waals surface area (Å²) in [6.45, 7) is 2.11. The minimum absolute atomic E-state index is 0.0201. The van der Waals surface area contributed by atoms with Gasteiger partial charge in [0.15, 0.2) is 6.29 Å². The van der Waals surface area contributed by atoms with Crippen LogP contribution in [0.5, 0.6) is 0 Å². The largest absolute Gasteiger partial charge is 0.374 e. The Balaban J connectivity index is 1.21. The summed E-state index contributed by atoms with van der Waals surface area (Å²) in [5, 5.41) is 0. The molecule has 2 saturated heterocycles. The third kappa shape index (κ3) is 16.8. The molecule has 0 bridgehead atoms. The number of hydrogen-bond acceptors (Lipinski definition) is 14. The number of hydrogen-bond donors (Lipinski definition) is 0. The van der Waals surface area contributed by atoms with E-state index in [9.17, 15) is 8.42 Å². The Hall–Kier alpha value is -5.99. The molecular formula is C65H72O14S. The van der Waals surface area contributed by atoms with Crippen molar-refractivity contribution < 1.29 is 64.7 Å². The van der Waals surface area contributed by atoms with E-state index in [1.54, 1.807) is 14.0 Å². The van der Waals surface area contributed by atoms with Crippen LogP contribution in [0.3, 0.4) is 0 Å². The fourth-order valence-electron chi connectivity index (χ4n) is 9.97. The van der Waals surface area contributed by atoms with Crippen LogP contribution < -0.4 is 0 Å². The van der Waals surface area contributed by atoms with Crippen molar-refractivity contribution in [1.29, 1.82) is 0 Å². The second-order valence-electron chi connectivity index (χ2n) is 19.7. The highest BCUT2D eigenvalue weighted by molar-refractivity contribution is 7.86. The van der Waals surface area contributed by atoms with Crippen LogP contribution in [0.4, 0.5) is 0 Å². The molecule has 0 spiro atoms. The zero-order valence-corrected chi connectivity index (χ0v) is 46.1. The van der Waals surface area contributed by atoms with Crippen LogP contribution >= 0.6 is 0 Å². The van der Waals surface area contributed by atoms with E-state index in [0.717, 1.165) is 38.9 Å². The molecule has 2 heterocycles. The highest BCUT2D eigenvalue weighted by Gasteiger charge is 2.63. The summed E-state index contributed by atoms with van der Waals surface area (Å²) in [6.07, 6.45) is -9.87. The van der Waals surface area contributed by atoms with Crippen LogP contribution in [0, 0.1) is 0 Å². The van der Waals surface area contributed by atoms with Crippen LogP contribution in [0.25, 0.3) is 0 Å². The van der Waals surface area contributed by atoms with Gasteiger partial charge in [-0.1, -0.05) is 212 Å². The Morgan fingerprint density at radius 2 is 0.762 bits per heavy atom. The zero-order valence-electron chi connectivity index (χ0n) is 45.3. The van der Waals surface area contributed by atoms with Gasteiger partial charge in [-0.3, -0.25) is 4.18 Å². The van der Waals surface area contributed by atoms with Crippen LogP contribution in [-0.4, -0.2) is 102 Å². The molecular weight excluding hydrogens is 1040 g/mol. The first-order valence-electron chi connectivity index (χ1n) is 27.2. The van der Waals surface area contributed by atoms with E-state index in [2.05, 4.69) is 0 Å². The summed E-state index contributed by atoms with van der Waals surface area (Å²) in [6, 6.07) is 68.0. The Kier molecular flexibility index (Phi) is 22.1. The SMILES string of the molecule is CCOS(=O)(=O)C[C@]1(O[C@H]2[C@H](OCc3ccccc3)[C@@H](OCc3ccccc3)[C@@H](OC)O[C@@H]2COCc2ccccc2)O[C@H](COCc2ccccc2)[C@@H](OCc2ccccc2)[C@H](OCc2ccccc2)[C@H]1OCc1ccccc1. The van der Waals surface area contributed by atoms with Gasteiger partial charge in [0.25, 0.3) is 10.1 Å². The van der Waals surface area contributed by atoms with Crippen LogP contribution in [0.15, 0.2) is 212 Å². The van der Waals surface area contributed by atoms with Crippen molar-refractivity contribution in [2.75, 3.05) is 32.7 Å². The Morgan fingerprint density at radius 3 is 1.16 bits per heavy atom. The number of rotatable bonds is 30. The fraction of sp³-hybridized carbons (Fsp3) is 0.354. The van der Waals surface area contributed by atoms with Gasteiger partial charge in [0, 0.05) is 7.11 Å². The maximum Gasteiger partial charge on any atom is 0.272 e. The van der Waals surface area contributed by atoms with E-state index in [1.807, 2.05) is 212 Å². The molecule has 14 nitrogen and oxygen atoms in total. The van der Waals surface area contributed by atoms with Gasteiger partial charge in [-0.25, -0.2) is 0 Å². The average Bonchev–Trinajstić information content (AvgIpc) is 3.63. The molecule has 0 radical (unpaired) electrons. The molecule has 2 fully saturated rings. The normalized spacial score (nSPS) is 24.1. The standard InChI is InChI=1S/C65H72O14S/c1-3-76-80(66,67)48-65(79-59-56(46-69-39-49-25-11-4-12-26-49)77-64(68-2)62(74-44-54-35-21-9-22-36-54)60(59)72-42-52-31-17-7-18-32-52)63(75-45-55-37-23-10-24-38-55)61(73-43-53-33-19-8-20-34-53)58(71-41-51-29-15-6-16-30-51)57(78-65)47-70-40-50-27-13-5-14-28-50/h4-38,56-64H,3,39-48H2,1-2H3/t56-,57-,58-,59-,60+,61+,62-,63-,64+,65-/m1/s1. The first-order valence-corrected chi connectivity index (χ1v) is 28.8. The minimum Gasteiger partial charge on any atom is -0.374 e. The molecule has 9 rings (SSSR count). The van der Waals surface area contributed by atoms with Crippen LogP contribution in [0.1, 0.15) is 45.9 Å². The predicted molar refractivity (Wildman–Crippen MR) is 301 cm³/mol. The topological polar surface area (TPSA) is 145 Å². The second-order valence-corrected chi connectivity index (χ2v) is 21.3. The lowest BCUT2D eigenvalue weighted by atomic mass is 9.90. The average molecular weight is 1110 g/mol. The van der Waals surface area contributed by atoms with Gasteiger partial charge in [-0.2, -0.15) is 8.42 Å². The first-order chi connectivity index (χ1) is 39.3. The van der Waals surface area contributed by atoms with Crippen molar-refractivity contribution in [3.8, 4) is 0 Å². The molecule has 15 heteroatoms. The molecule has 7 aromatic carbocycles. The molecule has 2 aliphatic rings. The summed E-state index contributed by atoms with van der Waals surface area (Å²) >= 11 is 0. The number of methoxy groups -OCH3 is 1. The maximum atomic E-state index is 14.9. The van der Waals surface area contributed by atoms with E-state index in [1.165, 1.54) is 0 Å². The molecule has 0 saturated carbocycles. The summed E-state index contributed by atoms with van der Waals surface area (Å²) in [5.41, 5.74) is 6.11. The summed E-state index contributed by atoms with van der Waals surface area (Å²) in [5.74, 6) is -3.21. The molecule has 10 atom stereocenters. The molecule has 422 valence electrons. The van der Waals surface area contributed by atoms with E-state index >= 15 is 0 Å². The molecule has 0 aromatic heterocycles. The Labute approximate surface area is 470 Å². The van der Waals surface area contributed by atoms with E-state index < -0.39 is 76.8 Å². The van der Waals surface area contributed by atoms with Gasteiger partial charge in [0.05, 0.1) is 66.1 Å².